The van der Waals surface area contributed by atoms with Crippen LogP contribution in [0.3, 0.4) is 0 Å². The number of nitro groups is 1. The van der Waals surface area contributed by atoms with E-state index < -0.39 is 4.92 Å². The van der Waals surface area contributed by atoms with Crippen molar-refractivity contribution in [1.29, 1.82) is 0 Å². The van der Waals surface area contributed by atoms with Crippen molar-refractivity contribution in [2.75, 3.05) is 17.2 Å². The van der Waals surface area contributed by atoms with Crippen molar-refractivity contribution in [3.8, 4) is 0 Å². The van der Waals surface area contributed by atoms with Crippen LogP contribution in [-0.2, 0) is 0 Å². The average molecular weight is 252 g/mol. The summed E-state index contributed by atoms with van der Waals surface area (Å²) in [5.41, 5.74) is 6.14. The molecular formula is C10H12N4O2S. The Labute approximate surface area is 104 Å². The normalized spacial score (nSPS) is 9.41. The Balaban J connectivity index is 3.03. The molecule has 0 spiro atoms. The first kappa shape index (κ1) is 12.9. The van der Waals surface area contributed by atoms with E-state index >= 15 is 0 Å². The summed E-state index contributed by atoms with van der Waals surface area (Å²) in [6, 6.07) is 4.60. The van der Waals surface area contributed by atoms with Gasteiger partial charge in [0, 0.05) is 18.3 Å². The Morgan fingerprint density at radius 1 is 1.65 bits per heavy atom. The molecule has 0 radical (unpaired) electrons. The van der Waals surface area contributed by atoms with E-state index in [4.69, 9.17) is 5.73 Å². The molecule has 0 unspecified atom stereocenters. The van der Waals surface area contributed by atoms with Crippen LogP contribution in [0.25, 0.3) is 0 Å². The van der Waals surface area contributed by atoms with Crippen molar-refractivity contribution < 1.29 is 4.92 Å². The molecule has 17 heavy (non-hydrogen) atoms. The number of benzene rings is 1. The summed E-state index contributed by atoms with van der Waals surface area (Å²) in [7, 11) is 0. The predicted octanol–water partition coefficient (Wildman–Crippen LogP) is 1.85. The zero-order valence-electron chi connectivity index (χ0n) is 8.97. The fraction of sp³-hybridized carbons (Fsp3) is 0.100. The molecule has 0 aliphatic rings. The highest BCUT2D eigenvalue weighted by Crippen LogP contribution is 2.27. The lowest BCUT2D eigenvalue weighted by Gasteiger charge is -2.07. The van der Waals surface area contributed by atoms with Crippen molar-refractivity contribution in [2.24, 2.45) is 5.73 Å². The molecule has 0 amide bonds. The van der Waals surface area contributed by atoms with Crippen LogP contribution in [0.2, 0.25) is 0 Å². The number of rotatable bonds is 5. The number of nitrogens with zero attached hydrogens (tertiary/aromatic N) is 1. The Morgan fingerprint density at radius 3 is 2.88 bits per heavy atom. The Bertz CT molecular complexity index is 462. The van der Waals surface area contributed by atoms with Crippen LogP contribution in [0, 0.1) is 10.1 Å². The standard InChI is InChI=1S/C10H12N4O2S/c1-2-5-12-8-4-3-7(13-10(11)17)6-9(8)14(15)16/h2-4,6,12H,1,5H2,(H3,11,13,17). The van der Waals surface area contributed by atoms with Gasteiger partial charge >= 0.3 is 0 Å². The number of hydrogen-bond donors (Lipinski definition) is 3. The highest BCUT2D eigenvalue weighted by molar-refractivity contribution is 7.80. The van der Waals surface area contributed by atoms with Gasteiger partial charge in [0.1, 0.15) is 5.69 Å². The van der Waals surface area contributed by atoms with E-state index in [9.17, 15) is 10.1 Å². The van der Waals surface area contributed by atoms with Crippen molar-refractivity contribution in [1.82, 2.24) is 0 Å². The summed E-state index contributed by atoms with van der Waals surface area (Å²) in [6.45, 7) is 3.98. The van der Waals surface area contributed by atoms with Crippen molar-refractivity contribution in [3.05, 3.63) is 41.0 Å². The molecule has 0 atom stereocenters. The van der Waals surface area contributed by atoms with E-state index in [1.807, 2.05) is 0 Å². The maximum absolute atomic E-state index is 10.9. The van der Waals surface area contributed by atoms with Crippen LogP contribution in [0.5, 0.6) is 0 Å². The Hall–Kier alpha value is -2.15. The molecule has 1 rings (SSSR count). The number of anilines is 2. The minimum atomic E-state index is -0.476. The Morgan fingerprint density at radius 2 is 2.35 bits per heavy atom. The molecule has 0 aromatic heterocycles. The number of thiocarbonyl (C=S) groups is 1. The van der Waals surface area contributed by atoms with Gasteiger partial charge in [0.2, 0.25) is 0 Å². The average Bonchev–Trinajstić information content (AvgIpc) is 2.26. The SMILES string of the molecule is C=CCNc1ccc(NC(N)=S)cc1[N+](=O)[O-]. The van der Waals surface area contributed by atoms with Crippen molar-refractivity contribution in [3.63, 3.8) is 0 Å². The van der Waals surface area contributed by atoms with Crippen LogP contribution in [0.15, 0.2) is 30.9 Å². The highest BCUT2D eigenvalue weighted by atomic mass is 32.1. The van der Waals surface area contributed by atoms with Crippen LogP contribution in [-0.4, -0.2) is 16.6 Å². The number of nitrogens with two attached hydrogens (primary N) is 1. The van der Waals surface area contributed by atoms with E-state index in [1.54, 1.807) is 18.2 Å². The summed E-state index contributed by atoms with van der Waals surface area (Å²) < 4.78 is 0. The maximum Gasteiger partial charge on any atom is 0.294 e. The molecule has 6 nitrogen and oxygen atoms in total. The zero-order valence-corrected chi connectivity index (χ0v) is 9.79. The lowest BCUT2D eigenvalue weighted by atomic mass is 10.2. The molecule has 1 aromatic carbocycles. The van der Waals surface area contributed by atoms with Gasteiger partial charge in [-0.25, -0.2) is 0 Å². The second kappa shape index (κ2) is 5.80. The quantitative estimate of drug-likeness (QED) is 0.320. The molecule has 0 saturated heterocycles. The summed E-state index contributed by atoms with van der Waals surface area (Å²) in [5, 5.41) is 16.4. The first-order chi connectivity index (χ1) is 8.04. The van der Waals surface area contributed by atoms with Gasteiger partial charge in [-0.05, 0) is 24.4 Å². The van der Waals surface area contributed by atoms with E-state index in [0.717, 1.165) is 0 Å². The molecule has 0 saturated carbocycles. The van der Waals surface area contributed by atoms with E-state index in [2.05, 4.69) is 29.4 Å². The molecule has 0 aliphatic carbocycles. The molecule has 0 fully saturated rings. The lowest BCUT2D eigenvalue weighted by Crippen LogP contribution is -2.19. The number of hydrogen-bond acceptors (Lipinski definition) is 4. The van der Waals surface area contributed by atoms with Gasteiger partial charge in [-0.1, -0.05) is 6.08 Å². The molecule has 0 bridgehead atoms. The molecule has 4 N–H and O–H groups in total. The summed E-state index contributed by atoms with van der Waals surface area (Å²) in [4.78, 5) is 10.4. The first-order valence-electron chi connectivity index (χ1n) is 4.74. The molecule has 7 heteroatoms. The van der Waals surface area contributed by atoms with Gasteiger partial charge in [0.25, 0.3) is 5.69 Å². The van der Waals surface area contributed by atoms with Gasteiger partial charge in [-0.2, -0.15) is 0 Å². The monoisotopic (exact) mass is 252 g/mol. The molecule has 1 aromatic rings. The van der Waals surface area contributed by atoms with Gasteiger partial charge in [0.05, 0.1) is 4.92 Å². The van der Waals surface area contributed by atoms with E-state index in [-0.39, 0.29) is 10.8 Å². The van der Waals surface area contributed by atoms with Crippen LogP contribution in [0.1, 0.15) is 0 Å². The smallest absolute Gasteiger partial charge is 0.294 e. The van der Waals surface area contributed by atoms with Crippen LogP contribution < -0.4 is 16.4 Å². The van der Waals surface area contributed by atoms with Gasteiger partial charge < -0.3 is 16.4 Å². The summed E-state index contributed by atoms with van der Waals surface area (Å²) in [5.74, 6) is 0. The van der Waals surface area contributed by atoms with Crippen LogP contribution in [0.4, 0.5) is 17.1 Å². The van der Waals surface area contributed by atoms with Crippen molar-refractivity contribution in [2.45, 2.75) is 0 Å². The topological polar surface area (TPSA) is 93.2 Å². The fourth-order valence-corrected chi connectivity index (χ4v) is 1.35. The predicted molar refractivity (Wildman–Crippen MR) is 72.2 cm³/mol. The van der Waals surface area contributed by atoms with Crippen molar-refractivity contribution >= 4 is 34.4 Å². The second-order valence-electron chi connectivity index (χ2n) is 3.15. The summed E-state index contributed by atoms with van der Waals surface area (Å²) >= 11 is 4.66. The minimum Gasteiger partial charge on any atom is -0.376 e. The van der Waals surface area contributed by atoms with Crippen LogP contribution >= 0.6 is 12.2 Å². The maximum atomic E-state index is 10.9. The largest absolute Gasteiger partial charge is 0.376 e. The number of nitrogens with one attached hydrogen (secondary N) is 2. The number of nitro benzene ring substituents is 1. The summed E-state index contributed by atoms with van der Waals surface area (Å²) in [6.07, 6.45) is 1.62. The van der Waals surface area contributed by atoms with E-state index in [1.165, 1.54) is 6.07 Å². The van der Waals surface area contributed by atoms with Gasteiger partial charge in [0.15, 0.2) is 5.11 Å². The third-order valence-corrected chi connectivity index (χ3v) is 2.00. The first-order valence-corrected chi connectivity index (χ1v) is 5.15. The molecule has 0 heterocycles. The van der Waals surface area contributed by atoms with E-state index in [0.29, 0.717) is 17.9 Å². The lowest BCUT2D eigenvalue weighted by molar-refractivity contribution is -0.383. The highest BCUT2D eigenvalue weighted by Gasteiger charge is 2.14. The van der Waals surface area contributed by atoms with Gasteiger partial charge in [-0.15, -0.1) is 6.58 Å². The zero-order chi connectivity index (χ0) is 12.8. The third-order valence-electron chi connectivity index (χ3n) is 1.90. The Kier molecular flexibility index (Phi) is 4.41. The molecule has 0 aliphatic heterocycles. The second-order valence-corrected chi connectivity index (χ2v) is 3.59. The molecule has 90 valence electrons. The van der Waals surface area contributed by atoms with Gasteiger partial charge in [-0.3, -0.25) is 10.1 Å². The fourth-order valence-electron chi connectivity index (χ4n) is 1.23. The minimum absolute atomic E-state index is 0.0481. The molecular weight excluding hydrogens is 240 g/mol. The third kappa shape index (κ3) is 3.72.